The van der Waals surface area contributed by atoms with Crippen LogP contribution in [0.3, 0.4) is 0 Å². The molecule has 1 aromatic heterocycles. The summed E-state index contributed by atoms with van der Waals surface area (Å²) in [7, 11) is 1.66. The zero-order valence-corrected chi connectivity index (χ0v) is 13.1. The minimum atomic E-state index is 0.141. The third-order valence-corrected chi connectivity index (χ3v) is 4.43. The minimum Gasteiger partial charge on any atom is -0.496 e. The number of nitrogens with one attached hydrogen (secondary N) is 1. The van der Waals surface area contributed by atoms with Crippen molar-refractivity contribution >= 4 is 27.3 Å². The molecule has 1 unspecified atom stereocenters. The fourth-order valence-electron chi connectivity index (χ4n) is 1.99. The molecule has 0 fully saturated rings. The second kappa shape index (κ2) is 7.05. The summed E-state index contributed by atoms with van der Waals surface area (Å²) in [5, 5.41) is 4.28. The summed E-state index contributed by atoms with van der Waals surface area (Å²) in [6.45, 7) is 0. The Morgan fingerprint density at radius 3 is 2.84 bits per heavy atom. The van der Waals surface area contributed by atoms with Crippen LogP contribution in [-0.4, -0.2) is 7.11 Å². The molecular formula is C14H17BrN2OS. The molecule has 3 N–H and O–H groups in total. The van der Waals surface area contributed by atoms with Crippen LogP contribution in [0, 0.1) is 0 Å². The van der Waals surface area contributed by atoms with E-state index in [-0.39, 0.29) is 6.04 Å². The van der Waals surface area contributed by atoms with Crippen molar-refractivity contribution in [3.63, 3.8) is 0 Å². The van der Waals surface area contributed by atoms with E-state index in [9.17, 15) is 0 Å². The van der Waals surface area contributed by atoms with Gasteiger partial charge >= 0.3 is 0 Å². The number of hydrazine groups is 1. The van der Waals surface area contributed by atoms with Gasteiger partial charge in [-0.15, -0.1) is 0 Å². The maximum atomic E-state index is 5.67. The zero-order valence-electron chi connectivity index (χ0n) is 10.7. The Bertz CT molecular complexity index is 516. The average Bonchev–Trinajstić information content (AvgIpc) is 2.93. The van der Waals surface area contributed by atoms with Gasteiger partial charge in [0.2, 0.25) is 0 Å². The number of ether oxygens (including phenoxy) is 1. The lowest BCUT2D eigenvalue weighted by molar-refractivity contribution is 0.411. The zero-order chi connectivity index (χ0) is 13.7. The summed E-state index contributed by atoms with van der Waals surface area (Å²) in [5.74, 6) is 6.50. The molecule has 0 aliphatic heterocycles. The first-order chi connectivity index (χ1) is 9.24. The highest BCUT2D eigenvalue weighted by atomic mass is 79.9. The second-order valence-electron chi connectivity index (χ2n) is 4.28. The Balaban J connectivity index is 2.06. The number of hydrogen-bond donors (Lipinski definition) is 2. The van der Waals surface area contributed by atoms with E-state index in [0.717, 1.165) is 28.6 Å². The third kappa shape index (κ3) is 3.79. The van der Waals surface area contributed by atoms with Crippen molar-refractivity contribution in [1.29, 1.82) is 0 Å². The van der Waals surface area contributed by atoms with Crippen LogP contribution >= 0.6 is 27.3 Å². The SMILES string of the molecule is COc1ccc(C(CCc2ccsc2)NN)cc1Br. The van der Waals surface area contributed by atoms with Crippen LogP contribution in [0.4, 0.5) is 0 Å². The predicted octanol–water partition coefficient (Wildman–Crippen LogP) is 3.66. The molecule has 0 spiro atoms. The Morgan fingerprint density at radius 1 is 1.42 bits per heavy atom. The molecule has 1 heterocycles. The summed E-state index contributed by atoms with van der Waals surface area (Å²) in [6.07, 6.45) is 1.98. The van der Waals surface area contributed by atoms with Crippen molar-refractivity contribution in [3.05, 3.63) is 50.6 Å². The quantitative estimate of drug-likeness (QED) is 0.623. The lowest BCUT2D eigenvalue weighted by Crippen LogP contribution is -2.28. The predicted molar refractivity (Wildman–Crippen MR) is 83.4 cm³/mol. The summed E-state index contributed by atoms with van der Waals surface area (Å²) < 4.78 is 6.18. The molecule has 19 heavy (non-hydrogen) atoms. The standard InChI is InChI=1S/C14H17BrN2OS/c1-18-14-5-3-11(8-12(14)15)13(17-16)4-2-10-6-7-19-9-10/h3,5-9,13,17H,2,4,16H2,1H3. The Hall–Kier alpha value is -0.880. The Morgan fingerprint density at radius 2 is 2.26 bits per heavy atom. The topological polar surface area (TPSA) is 47.3 Å². The van der Waals surface area contributed by atoms with Crippen LogP contribution in [0.25, 0.3) is 0 Å². The number of halogens is 1. The van der Waals surface area contributed by atoms with Crippen LogP contribution in [0.1, 0.15) is 23.6 Å². The van der Waals surface area contributed by atoms with Crippen LogP contribution in [0.2, 0.25) is 0 Å². The number of rotatable bonds is 6. The summed E-state index contributed by atoms with van der Waals surface area (Å²) >= 11 is 5.23. The molecule has 2 rings (SSSR count). The Kier molecular flexibility index (Phi) is 5.39. The normalized spacial score (nSPS) is 12.4. The average molecular weight is 341 g/mol. The molecule has 0 amide bonds. The van der Waals surface area contributed by atoms with Crippen LogP contribution in [-0.2, 0) is 6.42 Å². The van der Waals surface area contributed by atoms with Crippen molar-refractivity contribution in [2.45, 2.75) is 18.9 Å². The van der Waals surface area contributed by atoms with Crippen molar-refractivity contribution < 1.29 is 4.74 Å². The maximum Gasteiger partial charge on any atom is 0.133 e. The first kappa shape index (κ1) is 14.5. The van der Waals surface area contributed by atoms with Gasteiger partial charge in [0.15, 0.2) is 0 Å². The number of hydrogen-bond acceptors (Lipinski definition) is 4. The first-order valence-electron chi connectivity index (χ1n) is 6.05. The van der Waals surface area contributed by atoms with E-state index < -0.39 is 0 Å². The first-order valence-corrected chi connectivity index (χ1v) is 7.79. The van der Waals surface area contributed by atoms with Crippen LogP contribution in [0.5, 0.6) is 5.75 Å². The van der Waals surface area contributed by atoms with Gasteiger partial charge in [0, 0.05) is 6.04 Å². The highest BCUT2D eigenvalue weighted by Gasteiger charge is 2.12. The summed E-state index contributed by atoms with van der Waals surface area (Å²) in [6, 6.07) is 8.34. The molecule has 102 valence electrons. The Labute approximate surface area is 125 Å². The molecule has 0 aliphatic carbocycles. The molecule has 0 saturated heterocycles. The van der Waals surface area contributed by atoms with Gasteiger partial charge in [-0.25, -0.2) is 0 Å². The van der Waals surface area contributed by atoms with Gasteiger partial charge in [0.05, 0.1) is 11.6 Å². The largest absolute Gasteiger partial charge is 0.496 e. The van der Waals surface area contributed by atoms with Gasteiger partial charge < -0.3 is 4.74 Å². The summed E-state index contributed by atoms with van der Waals surface area (Å²) in [4.78, 5) is 0. The fourth-order valence-corrected chi connectivity index (χ4v) is 3.25. The van der Waals surface area contributed by atoms with Crippen molar-refractivity contribution in [2.24, 2.45) is 5.84 Å². The van der Waals surface area contributed by atoms with Gasteiger partial charge in [-0.1, -0.05) is 6.07 Å². The third-order valence-electron chi connectivity index (χ3n) is 3.08. The molecular weight excluding hydrogens is 324 g/mol. The van der Waals surface area contributed by atoms with Crippen molar-refractivity contribution in [3.8, 4) is 5.75 Å². The van der Waals surface area contributed by atoms with Crippen LogP contribution < -0.4 is 16.0 Å². The number of nitrogens with two attached hydrogens (primary N) is 1. The van der Waals surface area contributed by atoms with E-state index in [2.05, 4.69) is 44.2 Å². The highest BCUT2D eigenvalue weighted by molar-refractivity contribution is 9.10. The van der Waals surface area contributed by atoms with E-state index >= 15 is 0 Å². The van der Waals surface area contributed by atoms with E-state index in [1.165, 1.54) is 5.56 Å². The molecule has 0 bridgehead atoms. The monoisotopic (exact) mass is 340 g/mol. The fraction of sp³-hybridized carbons (Fsp3) is 0.286. The van der Waals surface area contributed by atoms with Gasteiger partial charge in [0.25, 0.3) is 0 Å². The molecule has 0 aliphatic rings. The van der Waals surface area contributed by atoms with Gasteiger partial charge in [0.1, 0.15) is 5.75 Å². The van der Waals surface area contributed by atoms with Crippen LogP contribution in [0.15, 0.2) is 39.5 Å². The summed E-state index contributed by atoms with van der Waals surface area (Å²) in [5.41, 5.74) is 5.40. The van der Waals surface area contributed by atoms with Crippen molar-refractivity contribution in [1.82, 2.24) is 5.43 Å². The van der Waals surface area contributed by atoms with E-state index in [1.807, 2.05) is 12.1 Å². The second-order valence-corrected chi connectivity index (χ2v) is 5.92. The minimum absolute atomic E-state index is 0.141. The number of methoxy groups -OCH3 is 1. The van der Waals surface area contributed by atoms with E-state index in [4.69, 9.17) is 10.6 Å². The number of benzene rings is 1. The molecule has 3 nitrogen and oxygen atoms in total. The highest BCUT2D eigenvalue weighted by Crippen LogP contribution is 2.29. The lowest BCUT2D eigenvalue weighted by Gasteiger charge is -2.17. The van der Waals surface area contributed by atoms with Crippen molar-refractivity contribution in [2.75, 3.05) is 7.11 Å². The molecule has 5 heteroatoms. The molecule has 2 aromatic rings. The number of thiophene rings is 1. The van der Waals surface area contributed by atoms with E-state index in [1.54, 1.807) is 18.4 Å². The molecule has 1 atom stereocenters. The van der Waals surface area contributed by atoms with Gasteiger partial charge in [-0.05, 0) is 68.9 Å². The number of aryl methyl sites for hydroxylation is 1. The maximum absolute atomic E-state index is 5.67. The lowest BCUT2D eigenvalue weighted by atomic mass is 10.0. The molecule has 0 saturated carbocycles. The molecule has 0 radical (unpaired) electrons. The smallest absolute Gasteiger partial charge is 0.133 e. The van der Waals surface area contributed by atoms with E-state index in [0.29, 0.717) is 0 Å². The van der Waals surface area contributed by atoms with Gasteiger partial charge in [-0.2, -0.15) is 11.3 Å². The van der Waals surface area contributed by atoms with Gasteiger partial charge in [-0.3, -0.25) is 11.3 Å². The molecule has 1 aromatic carbocycles.